The van der Waals surface area contributed by atoms with Gasteiger partial charge in [-0.2, -0.15) is 4.20 Å². The van der Waals surface area contributed by atoms with Crippen LogP contribution in [0.3, 0.4) is 0 Å². The fraction of sp³-hybridized carbons (Fsp3) is 0. The molecule has 0 aliphatic heterocycles. The van der Waals surface area contributed by atoms with Crippen molar-refractivity contribution in [2.24, 2.45) is 0 Å². The maximum atomic E-state index is 10.8. The molecule has 0 rings (SSSR count). The lowest BCUT2D eigenvalue weighted by atomic mass is 15.9. The van der Waals surface area contributed by atoms with Crippen LogP contribution in [-0.4, -0.2) is 14.8 Å². The van der Waals surface area contributed by atoms with Crippen molar-refractivity contribution >= 4 is 17.1 Å². The van der Waals surface area contributed by atoms with E-state index in [2.05, 4.69) is 0 Å². The van der Waals surface area contributed by atoms with Gasteiger partial charge >= 0.3 is 7.23 Å². The monoisotopic (exact) mass is 112 g/mol. The molecule has 0 bridgehead atoms. The molecule has 0 aromatic rings. The minimum atomic E-state index is -4.22. The van der Waals surface area contributed by atoms with E-state index in [-0.39, 0.29) is 0 Å². The summed E-state index contributed by atoms with van der Waals surface area (Å²) in [4.78, 5) is 7.37. The van der Waals surface area contributed by atoms with Gasteiger partial charge in [0.25, 0.3) is 0 Å². The Kier molecular flexibility index (Phi) is 1.28. The van der Waals surface area contributed by atoms with Gasteiger partial charge in [0.05, 0.1) is 0 Å². The zero-order chi connectivity index (χ0) is 4.50. The summed E-state index contributed by atoms with van der Waals surface area (Å²) in [5, 5.41) is 0. The van der Waals surface area contributed by atoms with E-state index in [9.17, 15) is 4.20 Å². The van der Waals surface area contributed by atoms with Gasteiger partial charge in [0.2, 0.25) is 0 Å². The van der Waals surface area contributed by atoms with Crippen molar-refractivity contribution in [3.8, 4) is 0 Å². The van der Waals surface area contributed by atoms with Gasteiger partial charge in [-0.15, -0.1) is 0 Å². The molecule has 0 aromatic heterocycles. The number of hydrogen-bond acceptors (Lipinski definition) is 1. The largest absolute Gasteiger partial charge is 0.326 e. The first kappa shape index (κ1) is 5.34. The van der Waals surface area contributed by atoms with Crippen LogP contribution in [0.1, 0.15) is 0 Å². The molecule has 5 heavy (non-hydrogen) atoms. The van der Waals surface area contributed by atoms with E-state index in [0.717, 1.165) is 9.91 Å². The standard InChI is InChI=1S/FH2O2PSi/c1-4(2,3)5/h5H,(H,2,3). The fourth-order valence-corrected chi connectivity index (χ4v) is 0. The van der Waals surface area contributed by atoms with Gasteiger partial charge in [-0.1, -0.05) is 0 Å². The molecule has 1 atom stereocenters. The predicted octanol–water partition coefficient (Wildman–Crippen LogP) is -0.0429. The normalized spacial score (nSPS) is 21.4. The minimum Gasteiger partial charge on any atom is -0.326 e. The van der Waals surface area contributed by atoms with E-state index >= 15 is 0 Å². The lowest BCUT2D eigenvalue weighted by molar-refractivity contribution is 0.450. The van der Waals surface area contributed by atoms with Crippen LogP contribution < -0.4 is 0 Å². The molecular formula is H2FO2PSi. The van der Waals surface area contributed by atoms with Crippen molar-refractivity contribution in [2.75, 3.05) is 0 Å². The highest BCUT2D eigenvalue weighted by Gasteiger charge is 1.99. The quantitative estimate of drug-likeness (QED) is 0.352. The SMILES string of the molecule is O=P(O)(F)[SiH]. The van der Waals surface area contributed by atoms with E-state index in [1.165, 1.54) is 0 Å². The molecule has 0 aromatic carbocycles. The zero-order valence-corrected chi connectivity index (χ0v) is 4.31. The third kappa shape index (κ3) is 209. The maximum Gasteiger partial charge on any atom is 0.323 e. The summed E-state index contributed by atoms with van der Waals surface area (Å²) in [6.45, 7) is 0. The van der Waals surface area contributed by atoms with Crippen molar-refractivity contribution in [2.45, 2.75) is 0 Å². The Morgan fingerprint density at radius 3 is 2.00 bits per heavy atom. The first-order chi connectivity index (χ1) is 2.00. The third-order valence-corrected chi connectivity index (χ3v) is 0. The summed E-state index contributed by atoms with van der Waals surface area (Å²) in [7, 11) is -3.06. The van der Waals surface area contributed by atoms with Crippen LogP contribution in [0.5, 0.6) is 0 Å². The Labute approximate surface area is 31.9 Å². The molecule has 2 nitrogen and oxygen atoms in total. The second-order valence-corrected chi connectivity index (χ2v) is 3.54. The summed E-state index contributed by atoms with van der Waals surface area (Å²) in [6.07, 6.45) is 0. The van der Waals surface area contributed by atoms with Crippen molar-refractivity contribution in [3.63, 3.8) is 0 Å². The molecule has 0 aliphatic carbocycles. The van der Waals surface area contributed by atoms with Crippen molar-refractivity contribution < 1.29 is 13.7 Å². The Balaban J connectivity index is 3.47. The fourth-order valence-electron chi connectivity index (χ4n) is 0. The molecule has 0 heterocycles. The average molecular weight is 112 g/mol. The van der Waals surface area contributed by atoms with Gasteiger partial charge in [-0.05, 0) is 0 Å². The Morgan fingerprint density at radius 1 is 2.00 bits per heavy atom. The van der Waals surface area contributed by atoms with Crippen LogP contribution in [0.2, 0.25) is 0 Å². The lowest BCUT2D eigenvalue weighted by Gasteiger charge is -1.80. The second kappa shape index (κ2) is 1.20. The van der Waals surface area contributed by atoms with Crippen LogP contribution in [0.15, 0.2) is 0 Å². The van der Waals surface area contributed by atoms with Gasteiger partial charge in [0, 0.05) is 0 Å². The van der Waals surface area contributed by atoms with Crippen molar-refractivity contribution in [1.82, 2.24) is 0 Å². The molecule has 0 fully saturated rings. The van der Waals surface area contributed by atoms with E-state index in [4.69, 9.17) is 9.46 Å². The molecule has 0 amide bonds. The van der Waals surface area contributed by atoms with Gasteiger partial charge < -0.3 is 4.89 Å². The van der Waals surface area contributed by atoms with Crippen LogP contribution in [0, 0.1) is 0 Å². The van der Waals surface area contributed by atoms with Crippen LogP contribution in [0.4, 0.5) is 4.20 Å². The number of hydrogen-bond donors (Lipinski definition) is 1. The van der Waals surface area contributed by atoms with Gasteiger partial charge in [0.1, 0.15) is 0 Å². The summed E-state index contributed by atoms with van der Waals surface area (Å²) < 4.78 is 19.8. The molecule has 1 unspecified atom stereocenters. The van der Waals surface area contributed by atoms with Crippen molar-refractivity contribution in [3.05, 3.63) is 0 Å². The third-order valence-electron chi connectivity index (χ3n) is 0. The summed E-state index contributed by atoms with van der Waals surface area (Å²) in [5.41, 5.74) is 0. The van der Waals surface area contributed by atoms with Gasteiger partial charge in [-0.25, -0.2) is 0 Å². The van der Waals surface area contributed by atoms with E-state index in [1.54, 1.807) is 0 Å². The second-order valence-electron chi connectivity index (χ2n) is 0.545. The molecule has 0 saturated carbocycles. The lowest BCUT2D eigenvalue weighted by Crippen LogP contribution is -1.58. The molecule has 0 spiro atoms. The first-order valence-electron chi connectivity index (χ1n) is 0.810. The topological polar surface area (TPSA) is 37.3 Å². The van der Waals surface area contributed by atoms with E-state index < -0.39 is 7.23 Å². The smallest absolute Gasteiger partial charge is 0.323 e. The number of rotatable bonds is 0. The Morgan fingerprint density at radius 2 is 2.00 bits per heavy atom. The summed E-state index contributed by atoms with van der Waals surface area (Å²) in [6, 6.07) is 0. The predicted molar refractivity (Wildman–Crippen MR) is 18.1 cm³/mol. The number of halogens is 1. The van der Waals surface area contributed by atoms with Crippen LogP contribution >= 0.6 is 7.23 Å². The minimum absolute atomic E-state index is 1.16. The molecule has 0 saturated heterocycles. The molecule has 30 valence electrons. The highest BCUT2D eigenvalue weighted by Crippen LogP contribution is 2.34. The summed E-state index contributed by atoms with van der Waals surface area (Å²) in [5.74, 6) is 0. The molecule has 1 N–H and O–H groups in total. The molecule has 2 radical (unpaired) electrons. The zero-order valence-electron chi connectivity index (χ0n) is 2.26. The highest BCUT2D eigenvalue weighted by molar-refractivity contribution is 7.78. The van der Waals surface area contributed by atoms with Gasteiger partial charge in [-0.3, -0.25) is 4.57 Å². The van der Waals surface area contributed by atoms with E-state index in [0.29, 0.717) is 0 Å². The first-order valence-corrected chi connectivity index (χ1v) is 3.98. The molecule has 0 aliphatic rings. The average Bonchev–Trinajstić information content (AvgIpc) is 0.722. The highest BCUT2D eigenvalue weighted by atomic mass is 31.4. The Hall–Kier alpha value is 0.337. The van der Waals surface area contributed by atoms with Crippen molar-refractivity contribution in [1.29, 1.82) is 0 Å². The Bertz CT molecular complexity index is 55.8. The van der Waals surface area contributed by atoms with Gasteiger partial charge in [0.15, 0.2) is 9.91 Å². The van der Waals surface area contributed by atoms with Crippen LogP contribution in [0.25, 0.3) is 0 Å². The van der Waals surface area contributed by atoms with Crippen LogP contribution in [-0.2, 0) is 4.57 Å². The summed E-state index contributed by atoms with van der Waals surface area (Å²) >= 11 is 0. The maximum absolute atomic E-state index is 10.8. The molecule has 5 heteroatoms. The van der Waals surface area contributed by atoms with E-state index in [1.807, 2.05) is 0 Å². The molecular weight excluding hydrogens is 110 g/mol.